The van der Waals surface area contributed by atoms with E-state index in [9.17, 15) is 5.21 Å². The van der Waals surface area contributed by atoms with Gasteiger partial charge in [0.15, 0.2) is 0 Å². The van der Waals surface area contributed by atoms with Crippen LogP contribution in [0.5, 0.6) is 0 Å². The van der Waals surface area contributed by atoms with Crippen LogP contribution in [0.25, 0.3) is 0 Å². The Balaban J connectivity index is 2.49. The molecule has 0 amide bonds. The Bertz CT molecular complexity index is 116. The molecule has 0 atom stereocenters. The summed E-state index contributed by atoms with van der Waals surface area (Å²) in [4.78, 5) is 0. The van der Waals surface area contributed by atoms with Gasteiger partial charge in [-0.2, -0.15) is 0 Å². The second-order valence-corrected chi connectivity index (χ2v) is 1.56. The molecule has 44 valence electrons. The maximum atomic E-state index is 10.0. The zero-order valence-corrected chi connectivity index (χ0v) is 4.19. The first kappa shape index (κ1) is 5.50. The molecule has 0 fully saturated rings. The van der Waals surface area contributed by atoms with Gasteiger partial charge in [0.1, 0.15) is 0 Å². The summed E-state index contributed by atoms with van der Waals surface area (Å²) in [7, 11) is 0. The molecule has 0 aromatic rings. The van der Waals surface area contributed by atoms with Crippen molar-refractivity contribution in [3.8, 4) is 0 Å². The van der Waals surface area contributed by atoms with Crippen LogP contribution in [0.15, 0.2) is 24.3 Å². The largest absolute Gasteiger partial charge is 0.762 e. The van der Waals surface area contributed by atoms with Crippen molar-refractivity contribution in [2.45, 2.75) is 6.04 Å². The Kier molecular flexibility index (Phi) is 1.43. The van der Waals surface area contributed by atoms with Crippen molar-refractivity contribution in [3.63, 3.8) is 0 Å². The van der Waals surface area contributed by atoms with Gasteiger partial charge in [0.05, 0.1) is 6.04 Å². The Morgan fingerprint density at radius 1 is 1.38 bits per heavy atom. The Morgan fingerprint density at radius 2 is 1.88 bits per heavy atom. The molecule has 0 aromatic carbocycles. The molecule has 1 rings (SSSR count). The van der Waals surface area contributed by atoms with Crippen LogP contribution >= 0.6 is 0 Å². The van der Waals surface area contributed by atoms with Crippen molar-refractivity contribution in [3.05, 3.63) is 29.5 Å². The predicted molar refractivity (Wildman–Crippen MR) is 29.1 cm³/mol. The number of hydrogen-bond donors (Lipinski definition) is 1. The van der Waals surface area contributed by atoms with E-state index in [0.29, 0.717) is 0 Å². The SMILES string of the molecule is [O-]N(O)C1C=CC=C1. The van der Waals surface area contributed by atoms with E-state index < -0.39 is 6.04 Å². The summed E-state index contributed by atoms with van der Waals surface area (Å²) in [6.07, 6.45) is 6.64. The highest BCUT2D eigenvalue weighted by Crippen LogP contribution is 2.04. The summed E-state index contributed by atoms with van der Waals surface area (Å²) in [5, 5.41) is 18.2. The minimum absolute atomic E-state index is 0.0833. The lowest BCUT2D eigenvalue weighted by Gasteiger charge is -2.23. The maximum absolute atomic E-state index is 10.0. The van der Waals surface area contributed by atoms with E-state index in [1.165, 1.54) is 0 Å². The molecule has 3 nitrogen and oxygen atoms in total. The van der Waals surface area contributed by atoms with Gasteiger partial charge in [-0.25, -0.2) is 0 Å². The molecular weight excluding hydrogens is 106 g/mol. The first-order chi connectivity index (χ1) is 3.80. The van der Waals surface area contributed by atoms with E-state index in [1.807, 2.05) is 0 Å². The number of hydrogen-bond acceptors (Lipinski definition) is 3. The van der Waals surface area contributed by atoms with Gasteiger partial charge < -0.3 is 10.4 Å². The summed E-state index contributed by atoms with van der Waals surface area (Å²) >= 11 is 0. The number of rotatable bonds is 1. The van der Waals surface area contributed by atoms with E-state index in [2.05, 4.69) is 0 Å². The van der Waals surface area contributed by atoms with E-state index in [0.717, 1.165) is 0 Å². The molecule has 0 aliphatic heterocycles. The van der Waals surface area contributed by atoms with E-state index >= 15 is 0 Å². The summed E-state index contributed by atoms with van der Waals surface area (Å²) in [6.45, 7) is 0. The average molecular weight is 112 g/mol. The molecule has 0 bridgehead atoms. The van der Waals surface area contributed by atoms with Crippen molar-refractivity contribution in [1.82, 2.24) is 5.23 Å². The van der Waals surface area contributed by atoms with E-state index in [4.69, 9.17) is 5.21 Å². The maximum Gasteiger partial charge on any atom is 0.0583 e. The van der Waals surface area contributed by atoms with Crippen molar-refractivity contribution >= 4 is 0 Å². The summed E-state index contributed by atoms with van der Waals surface area (Å²) < 4.78 is 0. The predicted octanol–water partition coefficient (Wildman–Crippen LogP) is 0.670. The molecule has 3 heteroatoms. The smallest absolute Gasteiger partial charge is 0.0583 e. The molecule has 1 aliphatic carbocycles. The highest BCUT2D eigenvalue weighted by molar-refractivity contribution is 5.20. The lowest BCUT2D eigenvalue weighted by molar-refractivity contribution is -0.0502. The minimum Gasteiger partial charge on any atom is -0.762 e. The second-order valence-electron chi connectivity index (χ2n) is 1.56. The van der Waals surface area contributed by atoms with Crippen LogP contribution in [0.3, 0.4) is 0 Å². The second kappa shape index (κ2) is 2.09. The standard InChI is InChI=1S/C5H6NO2/c7-6(8)5-3-1-2-4-5/h1-5,7H/q-1. The van der Waals surface area contributed by atoms with E-state index in [-0.39, 0.29) is 5.23 Å². The molecule has 8 heavy (non-hydrogen) atoms. The number of nitrogens with zero attached hydrogens (tertiary/aromatic N) is 1. The third-order valence-electron chi connectivity index (χ3n) is 0.983. The van der Waals surface area contributed by atoms with Crippen LogP contribution in [0.4, 0.5) is 0 Å². The fourth-order valence-electron chi connectivity index (χ4n) is 0.567. The van der Waals surface area contributed by atoms with Crippen LogP contribution in [0, 0.1) is 5.21 Å². The van der Waals surface area contributed by atoms with Gasteiger partial charge in [-0.1, -0.05) is 24.3 Å². The molecule has 0 saturated heterocycles. The molecule has 0 saturated carbocycles. The van der Waals surface area contributed by atoms with Gasteiger partial charge in [0.25, 0.3) is 0 Å². The Labute approximate surface area is 47.1 Å². The van der Waals surface area contributed by atoms with Gasteiger partial charge in [0.2, 0.25) is 0 Å². The van der Waals surface area contributed by atoms with E-state index in [1.54, 1.807) is 24.3 Å². The Morgan fingerprint density at radius 3 is 2.12 bits per heavy atom. The highest BCUT2D eigenvalue weighted by Gasteiger charge is 2.00. The number of allylic oxidation sites excluding steroid dienone is 2. The minimum atomic E-state index is -0.463. The highest BCUT2D eigenvalue weighted by atomic mass is 16.8. The lowest BCUT2D eigenvalue weighted by atomic mass is 10.4. The normalized spacial score (nSPS) is 18.9. The third-order valence-corrected chi connectivity index (χ3v) is 0.983. The van der Waals surface area contributed by atoms with Crippen molar-refractivity contribution in [2.24, 2.45) is 0 Å². The summed E-state index contributed by atoms with van der Waals surface area (Å²) in [5.41, 5.74) is 0. The third kappa shape index (κ3) is 0.949. The summed E-state index contributed by atoms with van der Waals surface area (Å²) in [5.74, 6) is 0. The van der Waals surface area contributed by atoms with Crippen LogP contribution < -0.4 is 0 Å². The van der Waals surface area contributed by atoms with Gasteiger partial charge >= 0.3 is 0 Å². The monoisotopic (exact) mass is 112 g/mol. The Hall–Kier alpha value is -0.640. The molecule has 0 aromatic heterocycles. The van der Waals surface area contributed by atoms with Crippen molar-refractivity contribution < 1.29 is 5.21 Å². The fraction of sp³-hybridized carbons (Fsp3) is 0.200. The van der Waals surface area contributed by atoms with Gasteiger partial charge in [-0.15, -0.1) is 0 Å². The van der Waals surface area contributed by atoms with Crippen LogP contribution in [-0.2, 0) is 0 Å². The van der Waals surface area contributed by atoms with Gasteiger partial charge in [0, 0.05) is 0 Å². The van der Waals surface area contributed by atoms with Crippen LogP contribution in [0.2, 0.25) is 0 Å². The topological polar surface area (TPSA) is 46.5 Å². The van der Waals surface area contributed by atoms with Crippen LogP contribution in [0.1, 0.15) is 0 Å². The van der Waals surface area contributed by atoms with Crippen LogP contribution in [-0.4, -0.2) is 16.5 Å². The molecule has 0 unspecified atom stereocenters. The van der Waals surface area contributed by atoms with Crippen molar-refractivity contribution in [2.75, 3.05) is 0 Å². The van der Waals surface area contributed by atoms with Crippen molar-refractivity contribution in [1.29, 1.82) is 0 Å². The molecule has 0 spiro atoms. The first-order valence-electron chi connectivity index (χ1n) is 2.31. The number of hydroxylamine groups is 2. The zero-order valence-electron chi connectivity index (χ0n) is 4.19. The molecule has 0 heterocycles. The average Bonchev–Trinajstić information content (AvgIpc) is 2.12. The zero-order chi connectivity index (χ0) is 5.98. The summed E-state index contributed by atoms with van der Waals surface area (Å²) in [6, 6.07) is -0.463. The quantitative estimate of drug-likeness (QED) is 0.507. The first-order valence-corrected chi connectivity index (χ1v) is 2.31. The van der Waals surface area contributed by atoms with Gasteiger partial charge in [-0.3, -0.25) is 5.23 Å². The molecule has 0 radical (unpaired) electrons. The molecular formula is C5H6NO2-. The lowest BCUT2D eigenvalue weighted by Crippen LogP contribution is -2.20. The van der Waals surface area contributed by atoms with Gasteiger partial charge in [-0.05, 0) is 0 Å². The molecule has 1 N–H and O–H groups in total. The fourth-order valence-corrected chi connectivity index (χ4v) is 0.567. The molecule has 1 aliphatic rings.